The molecule has 0 fully saturated rings. The van der Waals surface area contributed by atoms with Crippen LogP contribution in [0.2, 0.25) is 0 Å². The number of allylic oxidation sites excluding steroid dienone is 1. The van der Waals surface area contributed by atoms with Crippen molar-refractivity contribution >= 4 is 5.69 Å². The van der Waals surface area contributed by atoms with Gasteiger partial charge in [0.05, 0.1) is 5.69 Å². The van der Waals surface area contributed by atoms with Crippen LogP contribution in [-0.4, -0.2) is 4.57 Å². The summed E-state index contributed by atoms with van der Waals surface area (Å²) in [6, 6.07) is 1.46. The molecular weight excluding hydrogens is 152 g/mol. The van der Waals surface area contributed by atoms with Crippen molar-refractivity contribution in [3.8, 4) is 0 Å². The van der Waals surface area contributed by atoms with Gasteiger partial charge in [0.1, 0.15) is 0 Å². The monoisotopic (exact) mass is 164 g/mol. The van der Waals surface area contributed by atoms with Crippen LogP contribution in [0.25, 0.3) is 0 Å². The molecule has 0 bridgehead atoms. The Morgan fingerprint density at radius 1 is 1.75 bits per heavy atom. The molecule has 0 aliphatic carbocycles. The normalized spacial score (nSPS) is 9.75. The van der Waals surface area contributed by atoms with Crippen molar-refractivity contribution in [3.63, 3.8) is 0 Å². The van der Waals surface area contributed by atoms with Gasteiger partial charge in [0.25, 0.3) is 0 Å². The summed E-state index contributed by atoms with van der Waals surface area (Å²) in [6.07, 6.45) is 3.32. The molecule has 0 aliphatic heterocycles. The summed E-state index contributed by atoms with van der Waals surface area (Å²) in [5.41, 5.74) is 6.60. The number of nitrogens with two attached hydrogens (primary N) is 1. The molecule has 1 aromatic heterocycles. The SMILES string of the molecule is C=C(C)Cn1ccc(=O)c(N)c1. The Morgan fingerprint density at radius 3 is 2.92 bits per heavy atom. The lowest BCUT2D eigenvalue weighted by Gasteiger charge is -2.05. The first-order valence-electron chi connectivity index (χ1n) is 3.69. The second-order valence-electron chi connectivity index (χ2n) is 2.89. The van der Waals surface area contributed by atoms with Gasteiger partial charge in [-0.25, -0.2) is 0 Å². The number of hydrogen-bond acceptors (Lipinski definition) is 2. The van der Waals surface area contributed by atoms with Crippen LogP contribution in [0.3, 0.4) is 0 Å². The summed E-state index contributed by atoms with van der Waals surface area (Å²) in [4.78, 5) is 10.9. The Labute approximate surface area is 71.1 Å². The molecule has 12 heavy (non-hydrogen) atoms. The first-order valence-corrected chi connectivity index (χ1v) is 3.69. The van der Waals surface area contributed by atoms with Gasteiger partial charge in [-0.3, -0.25) is 4.79 Å². The third-order valence-electron chi connectivity index (χ3n) is 1.46. The van der Waals surface area contributed by atoms with Crippen molar-refractivity contribution in [2.24, 2.45) is 0 Å². The van der Waals surface area contributed by atoms with Crippen LogP contribution in [0.5, 0.6) is 0 Å². The smallest absolute Gasteiger partial charge is 0.204 e. The molecule has 0 aliphatic rings. The largest absolute Gasteiger partial charge is 0.394 e. The number of pyridine rings is 1. The highest BCUT2D eigenvalue weighted by Crippen LogP contribution is 1.97. The molecule has 3 heteroatoms. The summed E-state index contributed by atoms with van der Waals surface area (Å²) in [5.74, 6) is 0. The summed E-state index contributed by atoms with van der Waals surface area (Å²) in [5, 5.41) is 0. The van der Waals surface area contributed by atoms with Crippen molar-refractivity contribution < 1.29 is 0 Å². The van der Waals surface area contributed by atoms with Crippen LogP contribution in [0.4, 0.5) is 5.69 Å². The minimum atomic E-state index is -0.132. The van der Waals surface area contributed by atoms with Crippen molar-refractivity contribution in [2.45, 2.75) is 13.5 Å². The summed E-state index contributed by atoms with van der Waals surface area (Å²) >= 11 is 0. The molecule has 0 radical (unpaired) electrons. The first-order chi connectivity index (χ1) is 5.59. The molecule has 2 N–H and O–H groups in total. The van der Waals surface area contributed by atoms with Gasteiger partial charge >= 0.3 is 0 Å². The zero-order valence-electron chi connectivity index (χ0n) is 7.08. The Balaban J connectivity index is 2.97. The highest BCUT2D eigenvalue weighted by molar-refractivity contribution is 5.33. The van der Waals surface area contributed by atoms with Crippen LogP contribution in [0.1, 0.15) is 6.92 Å². The fourth-order valence-corrected chi connectivity index (χ4v) is 0.955. The molecule has 0 saturated heterocycles. The minimum Gasteiger partial charge on any atom is -0.394 e. The van der Waals surface area contributed by atoms with E-state index in [2.05, 4.69) is 6.58 Å². The van der Waals surface area contributed by atoms with Gasteiger partial charge in [0.2, 0.25) is 5.43 Å². The number of nitrogen functional groups attached to an aromatic ring is 1. The van der Waals surface area contributed by atoms with Gasteiger partial charge in [0.15, 0.2) is 0 Å². The van der Waals surface area contributed by atoms with Crippen molar-refractivity contribution in [1.29, 1.82) is 0 Å². The first kappa shape index (κ1) is 8.59. The van der Waals surface area contributed by atoms with Crippen LogP contribution in [-0.2, 0) is 6.54 Å². The fraction of sp³-hybridized carbons (Fsp3) is 0.222. The van der Waals surface area contributed by atoms with E-state index in [1.165, 1.54) is 6.07 Å². The average Bonchev–Trinajstić information content (AvgIpc) is 1.96. The molecule has 0 atom stereocenters. The average molecular weight is 164 g/mol. The molecule has 0 saturated carbocycles. The molecule has 0 unspecified atom stereocenters. The van der Waals surface area contributed by atoms with Crippen LogP contribution < -0.4 is 11.2 Å². The van der Waals surface area contributed by atoms with Gasteiger partial charge in [-0.05, 0) is 6.92 Å². The molecule has 0 amide bonds. The van der Waals surface area contributed by atoms with E-state index in [9.17, 15) is 4.79 Å². The Kier molecular flexibility index (Phi) is 2.33. The van der Waals surface area contributed by atoms with Crippen LogP contribution in [0, 0.1) is 0 Å². The maximum atomic E-state index is 10.9. The fourth-order valence-electron chi connectivity index (χ4n) is 0.955. The number of hydrogen-bond donors (Lipinski definition) is 1. The molecule has 0 spiro atoms. The van der Waals surface area contributed by atoms with E-state index in [-0.39, 0.29) is 11.1 Å². The number of aromatic nitrogens is 1. The Bertz CT molecular complexity index is 352. The zero-order chi connectivity index (χ0) is 9.14. The molecule has 0 aromatic carbocycles. The lowest BCUT2D eigenvalue weighted by molar-refractivity contribution is 0.779. The molecule has 1 rings (SSSR count). The topological polar surface area (TPSA) is 48.0 Å². The van der Waals surface area contributed by atoms with Gasteiger partial charge in [-0.1, -0.05) is 12.2 Å². The predicted octanol–water partition coefficient (Wildman–Crippen LogP) is 1.01. The molecule has 3 nitrogen and oxygen atoms in total. The maximum absolute atomic E-state index is 10.9. The number of nitrogens with zero attached hydrogens (tertiary/aromatic N) is 1. The van der Waals surface area contributed by atoms with E-state index in [0.29, 0.717) is 6.54 Å². The van der Waals surface area contributed by atoms with Crippen molar-refractivity contribution in [2.75, 3.05) is 5.73 Å². The predicted molar refractivity (Wildman–Crippen MR) is 49.9 cm³/mol. The van der Waals surface area contributed by atoms with Crippen molar-refractivity contribution in [3.05, 3.63) is 40.8 Å². The third kappa shape index (κ3) is 1.99. The molecule has 1 heterocycles. The third-order valence-corrected chi connectivity index (χ3v) is 1.46. The number of anilines is 1. The van der Waals surface area contributed by atoms with Gasteiger partial charge < -0.3 is 10.3 Å². The van der Waals surface area contributed by atoms with Gasteiger partial charge in [-0.2, -0.15) is 0 Å². The van der Waals surface area contributed by atoms with Crippen LogP contribution in [0.15, 0.2) is 35.4 Å². The lowest BCUT2D eigenvalue weighted by atomic mass is 10.3. The molecular formula is C9H12N2O. The van der Waals surface area contributed by atoms with E-state index in [1.807, 2.05) is 11.5 Å². The molecule has 64 valence electrons. The van der Waals surface area contributed by atoms with Crippen molar-refractivity contribution in [1.82, 2.24) is 4.57 Å². The lowest BCUT2D eigenvalue weighted by Crippen LogP contribution is -2.10. The summed E-state index contributed by atoms with van der Waals surface area (Å²) in [6.45, 7) is 6.39. The van der Waals surface area contributed by atoms with Crippen LogP contribution >= 0.6 is 0 Å². The maximum Gasteiger partial charge on any atom is 0.204 e. The van der Waals surface area contributed by atoms with E-state index in [1.54, 1.807) is 12.4 Å². The van der Waals surface area contributed by atoms with E-state index < -0.39 is 0 Å². The van der Waals surface area contributed by atoms with E-state index in [0.717, 1.165) is 5.57 Å². The Hall–Kier alpha value is -1.51. The van der Waals surface area contributed by atoms with E-state index in [4.69, 9.17) is 5.73 Å². The van der Waals surface area contributed by atoms with E-state index >= 15 is 0 Å². The van der Waals surface area contributed by atoms with Gasteiger partial charge in [-0.15, -0.1) is 0 Å². The summed E-state index contributed by atoms with van der Waals surface area (Å²) in [7, 11) is 0. The zero-order valence-corrected chi connectivity index (χ0v) is 7.08. The minimum absolute atomic E-state index is 0.132. The summed E-state index contributed by atoms with van der Waals surface area (Å²) < 4.78 is 1.83. The number of rotatable bonds is 2. The highest BCUT2D eigenvalue weighted by Gasteiger charge is 1.94. The second-order valence-corrected chi connectivity index (χ2v) is 2.89. The highest BCUT2D eigenvalue weighted by atomic mass is 16.1. The standard InChI is InChI=1S/C9H12N2O/c1-7(2)5-11-4-3-9(12)8(10)6-11/h3-4,6H,1,5,10H2,2H3. The second kappa shape index (κ2) is 3.26. The quantitative estimate of drug-likeness (QED) is 0.663. The molecule has 1 aromatic rings. The Morgan fingerprint density at radius 2 is 2.42 bits per heavy atom. The van der Waals surface area contributed by atoms with Gasteiger partial charge in [0, 0.05) is 25.0 Å².